The standard InChI is InChI=1S/C23H32N4O3/c1-17-6-3-4-7-20(17)15-26-11-9-19(10-12-26)14-27(16-21-8-5-13-29-21)23(28)22-18(2)24-30-25-22/h3-4,6-7,19,21H,5,8-16H2,1-2H3/t21-/m0/s1. The van der Waals surface area contributed by atoms with E-state index in [9.17, 15) is 4.79 Å². The number of rotatable bonds is 7. The van der Waals surface area contributed by atoms with Gasteiger partial charge in [0.25, 0.3) is 5.91 Å². The van der Waals surface area contributed by atoms with Crippen LogP contribution >= 0.6 is 0 Å². The monoisotopic (exact) mass is 412 g/mol. The molecule has 1 aromatic heterocycles. The van der Waals surface area contributed by atoms with Crippen molar-refractivity contribution in [2.45, 2.75) is 52.2 Å². The van der Waals surface area contributed by atoms with Crippen molar-refractivity contribution < 1.29 is 14.2 Å². The SMILES string of the molecule is Cc1ccccc1CN1CCC(CN(C[C@@H]2CCCO2)C(=O)c2nonc2C)CC1. The molecule has 1 aromatic carbocycles. The number of nitrogens with zero attached hydrogens (tertiary/aromatic N) is 4. The van der Waals surface area contributed by atoms with Crippen molar-refractivity contribution in [3.8, 4) is 0 Å². The van der Waals surface area contributed by atoms with E-state index < -0.39 is 0 Å². The fourth-order valence-electron chi connectivity index (χ4n) is 4.52. The molecule has 1 atom stereocenters. The maximum atomic E-state index is 13.1. The van der Waals surface area contributed by atoms with Crippen LogP contribution in [0.25, 0.3) is 0 Å². The Labute approximate surface area is 178 Å². The minimum Gasteiger partial charge on any atom is -0.376 e. The summed E-state index contributed by atoms with van der Waals surface area (Å²) in [5, 5.41) is 7.63. The molecular formula is C23H32N4O3. The normalized spacial score (nSPS) is 20.5. The molecule has 0 N–H and O–H groups in total. The molecule has 0 aliphatic carbocycles. The first-order valence-corrected chi connectivity index (χ1v) is 11.1. The van der Waals surface area contributed by atoms with Crippen LogP contribution in [0.1, 0.15) is 53.0 Å². The van der Waals surface area contributed by atoms with Crippen molar-refractivity contribution in [3.63, 3.8) is 0 Å². The predicted octanol–water partition coefficient (Wildman–Crippen LogP) is 3.22. The molecule has 30 heavy (non-hydrogen) atoms. The molecule has 2 aromatic rings. The fraction of sp³-hybridized carbons (Fsp3) is 0.609. The third-order valence-corrected chi connectivity index (χ3v) is 6.43. The van der Waals surface area contributed by atoms with Crippen LogP contribution in [0.2, 0.25) is 0 Å². The van der Waals surface area contributed by atoms with Crippen LogP contribution < -0.4 is 0 Å². The van der Waals surface area contributed by atoms with Gasteiger partial charge in [-0.3, -0.25) is 9.69 Å². The zero-order chi connectivity index (χ0) is 20.9. The molecule has 4 rings (SSSR count). The van der Waals surface area contributed by atoms with E-state index in [4.69, 9.17) is 9.37 Å². The zero-order valence-electron chi connectivity index (χ0n) is 18.0. The van der Waals surface area contributed by atoms with E-state index in [1.165, 1.54) is 11.1 Å². The molecule has 2 aliphatic rings. The summed E-state index contributed by atoms with van der Waals surface area (Å²) in [6, 6.07) is 8.61. The van der Waals surface area contributed by atoms with Gasteiger partial charge in [0.2, 0.25) is 0 Å². The maximum absolute atomic E-state index is 13.1. The number of aromatic nitrogens is 2. The highest BCUT2D eigenvalue weighted by Crippen LogP contribution is 2.23. The smallest absolute Gasteiger partial charge is 0.278 e. The van der Waals surface area contributed by atoms with Gasteiger partial charge in [0.1, 0.15) is 5.69 Å². The number of ether oxygens (including phenoxy) is 1. The quantitative estimate of drug-likeness (QED) is 0.695. The van der Waals surface area contributed by atoms with E-state index in [1.807, 2.05) is 4.90 Å². The fourth-order valence-corrected chi connectivity index (χ4v) is 4.52. The van der Waals surface area contributed by atoms with Crippen LogP contribution in [0.3, 0.4) is 0 Å². The average Bonchev–Trinajstić information content (AvgIpc) is 3.42. The van der Waals surface area contributed by atoms with Gasteiger partial charge in [0.15, 0.2) is 5.69 Å². The summed E-state index contributed by atoms with van der Waals surface area (Å²) in [6.45, 7) is 9.21. The summed E-state index contributed by atoms with van der Waals surface area (Å²) in [5.74, 6) is 0.398. The van der Waals surface area contributed by atoms with E-state index >= 15 is 0 Å². The number of hydrogen-bond acceptors (Lipinski definition) is 6. The summed E-state index contributed by atoms with van der Waals surface area (Å²) in [5.41, 5.74) is 3.63. The third-order valence-electron chi connectivity index (χ3n) is 6.43. The Hall–Kier alpha value is -2.25. The molecule has 1 amide bonds. The van der Waals surface area contributed by atoms with E-state index in [0.29, 0.717) is 23.9 Å². The number of carbonyl (C=O) groups excluding carboxylic acids is 1. The molecule has 2 fully saturated rings. The van der Waals surface area contributed by atoms with Crippen molar-refractivity contribution in [2.24, 2.45) is 5.92 Å². The number of likely N-dealkylation sites (tertiary alicyclic amines) is 1. The van der Waals surface area contributed by atoms with Crippen LogP contribution in [-0.2, 0) is 11.3 Å². The number of hydrogen-bond donors (Lipinski definition) is 0. The van der Waals surface area contributed by atoms with Crippen molar-refractivity contribution in [2.75, 3.05) is 32.8 Å². The number of piperidine rings is 1. The van der Waals surface area contributed by atoms with Gasteiger partial charge in [0, 0.05) is 26.2 Å². The maximum Gasteiger partial charge on any atom is 0.278 e. The number of amides is 1. The summed E-state index contributed by atoms with van der Waals surface area (Å²) >= 11 is 0. The molecule has 0 unspecified atom stereocenters. The summed E-state index contributed by atoms with van der Waals surface area (Å²) in [4.78, 5) is 17.6. The van der Waals surface area contributed by atoms with Crippen molar-refractivity contribution >= 4 is 5.91 Å². The largest absolute Gasteiger partial charge is 0.376 e. The van der Waals surface area contributed by atoms with Gasteiger partial charge >= 0.3 is 0 Å². The van der Waals surface area contributed by atoms with Gasteiger partial charge in [0.05, 0.1) is 6.10 Å². The topological polar surface area (TPSA) is 71.7 Å². The highest BCUT2D eigenvalue weighted by atomic mass is 16.6. The Morgan fingerprint density at radius 3 is 2.60 bits per heavy atom. The molecule has 162 valence electrons. The van der Waals surface area contributed by atoms with E-state index in [0.717, 1.165) is 58.5 Å². The van der Waals surface area contributed by atoms with Crippen LogP contribution in [-0.4, -0.2) is 64.9 Å². The number of carbonyl (C=O) groups is 1. The summed E-state index contributed by atoms with van der Waals surface area (Å²) in [7, 11) is 0. The first kappa shape index (κ1) is 21.0. The van der Waals surface area contributed by atoms with Gasteiger partial charge in [-0.25, -0.2) is 4.63 Å². The molecule has 2 saturated heterocycles. The van der Waals surface area contributed by atoms with E-state index in [2.05, 4.69) is 46.4 Å². The molecule has 7 heteroatoms. The lowest BCUT2D eigenvalue weighted by Crippen LogP contribution is -2.43. The van der Waals surface area contributed by atoms with Gasteiger partial charge in [-0.05, 0) is 74.8 Å². The molecule has 0 radical (unpaired) electrons. The van der Waals surface area contributed by atoms with E-state index in [1.54, 1.807) is 6.92 Å². The summed E-state index contributed by atoms with van der Waals surface area (Å²) < 4.78 is 10.6. The predicted molar refractivity (Wildman–Crippen MR) is 113 cm³/mol. The molecular weight excluding hydrogens is 380 g/mol. The second-order valence-corrected chi connectivity index (χ2v) is 8.69. The number of aryl methyl sites for hydroxylation is 2. The summed E-state index contributed by atoms with van der Waals surface area (Å²) in [6.07, 6.45) is 4.38. The second-order valence-electron chi connectivity index (χ2n) is 8.69. The first-order chi connectivity index (χ1) is 14.6. The lowest BCUT2D eigenvalue weighted by Gasteiger charge is -2.35. The first-order valence-electron chi connectivity index (χ1n) is 11.1. The Kier molecular flexibility index (Phi) is 6.79. The minimum atomic E-state index is -0.0911. The Bertz CT molecular complexity index is 838. The van der Waals surface area contributed by atoms with Crippen LogP contribution in [0.15, 0.2) is 28.9 Å². The Morgan fingerprint density at radius 2 is 1.93 bits per heavy atom. The van der Waals surface area contributed by atoms with Crippen LogP contribution in [0.5, 0.6) is 0 Å². The van der Waals surface area contributed by atoms with Gasteiger partial charge in [-0.2, -0.15) is 0 Å². The van der Waals surface area contributed by atoms with Gasteiger partial charge in [-0.1, -0.05) is 29.4 Å². The van der Waals surface area contributed by atoms with Crippen LogP contribution in [0.4, 0.5) is 0 Å². The molecule has 7 nitrogen and oxygen atoms in total. The van der Waals surface area contributed by atoms with Crippen LogP contribution in [0, 0.1) is 19.8 Å². The van der Waals surface area contributed by atoms with Gasteiger partial charge in [-0.15, -0.1) is 0 Å². The number of benzene rings is 1. The molecule has 3 heterocycles. The highest BCUT2D eigenvalue weighted by molar-refractivity contribution is 5.93. The lowest BCUT2D eigenvalue weighted by atomic mass is 9.95. The second kappa shape index (κ2) is 9.71. The lowest BCUT2D eigenvalue weighted by molar-refractivity contribution is 0.0436. The molecule has 0 spiro atoms. The van der Waals surface area contributed by atoms with Crippen molar-refractivity contribution in [1.29, 1.82) is 0 Å². The minimum absolute atomic E-state index is 0.0911. The Morgan fingerprint density at radius 1 is 1.13 bits per heavy atom. The molecule has 0 saturated carbocycles. The average molecular weight is 413 g/mol. The zero-order valence-corrected chi connectivity index (χ0v) is 18.0. The molecule has 0 bridgehead atoms. The molecule has 2 aliphatic heterocycles. The van der Waals surface area contributed by atoms with E-state index in [-0.39, 0.29) is 12.0 Å². The Balaban J connectivity index is 1.35. The van der Waals surface area contributed by atoms with Crippen molar-refractivity contribution in [3.05, 3.63) is 46.8 Å². The third kappa shape index (κ3) is 5.08. The highest BCUT2D eigenvalue weighted by Gasteiger charge is 2.30. The van der Waals surface area contributed by atoms with Crippen molar-refractivity contribution in [1.82, 2.24) is 20.1 Å². The van der Waals surface area contributed by atoms with Gasteiger partial charge < -0.3 is 9.64 Å².